The Morgan fingerprint density at radius 3 is 2.37 bits per heavy atom. The van der Waals surface area contributed by atoms with Crippen LogP contribution in [0.5, 0.6) is 0 Å². The average molecular weight is 496 g/mol. The average Bonchev–Trinajstić information content (AvgIpc) is 3.25. The fourth-order valence-corrected chi connectivity index (χ4v) is 5.25. The molecule has 3 heterocycles. The molecule has 8 heteroatoms. The van der Waals surface area contributed by atoms with Crippen molar-refractivity contribution >= 4 is 34.6 Å². The molecule has 3 aromatic rings. The molecule has 7 nitrogen and oxygen atoms in total. The molecule has 2 aromatic heterocycles. The molecule has 0 unspecified atom stereocenters. The van der Waals surface area contributed by atoms with Gasteiger partial charge in [-0.2, -0.15) is 4.98 Å². The monoisotopic (exact) mass is 495 g/mol. The third kappa shape index (κ3) is 6.84. The molecule has 1 aliphatic rings. The fourth-order valence-electron chi connectivity index (χ4n) is 4.51. The number of hydrogen-bond donors (Lipinski definition) is 1. The minimum absolute atomic E-state index is 0.0812. The summed E-state index contributed by atoms with van der Waals surface area (Å²) in [5.41, 5.74) is 4.84. The van der Waals surface area contributed by atoms with E-state index in [1.54, 1.807) is 18.0 Å². The Bertz CT molecular complexity index is 1060. The summed E-state index contributed by atoms with van der Waals surface area (Å²) in [5, 5.41) is 3.94. The number of nitrogens with one attached hydrogen (secondary N) is 1. The van der Waals surface area contributed by atoms with Gasteiger partial charge in [0.15, 0.2) is 11.2 Å². The van der Waals surface area contributed by atoms with Crippen LogP contribution in [0, 0.1) is 0 Å². The Balaban J connectivity index is 1.19. The number of carbonyl (C=O) groups excluding carboxylic acids is 1. The third-order valence-corrected chi connectivity index (χ3v) is 7.37. The molecule has 0 radical (unpaired) electrons. The maximum absolute atomic E-state index is 12.9. The number of anilines is 1. The highest BCUT2D eigenvalue weighted by Gasteiger charge is 2.21. The quantitative estimate of drug-likeness (QED) is 0.306. The highest BCUT2D eigenvalue weighted by molar-refractivity contribution is 7.99. The van der Waals surface area contributed by atoms with Crippen LogP contribution in [-0.4, -0.2) is 70.7 Å². The number of oxazole rings is 1. The van der Waals surface area contributed by atoms with Gasteiger partial charge in [0.1, 0.15) is 0 Å². The number of rotatable bonds is 10. The molecule has 1 N–H and O–H groups in total. The molecule has 0 atom stereocenters. The summed E-state index contributed by atoms with van der Waals surface area (Å²) < 4.78 is 5.73. The Morgan fingerprint density at radius 2 is 1.71 bits per heavy atom. The van der Waals surface area contributed by atoms with Gasteiger partial charge in [0.2, 0.25) is 5.91 Å². The second-order valence-electron chi connectivity index (χ2n) is 9.79. The maximum Gasteiger partial charge on any atom is 0.258 e. The smallest absolute Gasteiger partial charge is 0.258 e. The minimum atomic E-state index is 0.0812. The fraction of sp³-hybridized carbons (Fsp3) is 0.519. The highest BCUT2D eigenvalue weighted by atomic mass is 32.2. The molecule has 0 bridgehead atoms. The van der Waals surface area contributed by atoms with E-state index in [4.69, 9.17) is 4.42 Å². The third-order valence-electron chi connectivity index (χ3n) is 6.46. The van der Waals surface area contributed by atoms with E-state index in [-0.39, 0.29) is 5.91 Å². The van der Waals surface area contributed by atoms with E-state index in [0.29, 0.717) is 29.3 Å². The van der Waals surface area contributed by atoms with E-state index in [2.05, 4.69) is 71.0 Å². The van der Waals surface area contributed by atoms with E-state index in [9.17, 15) is 4.79 Å². The van der Waals surface area contributed by atoms with Gasteiger partial charge in [0.25, 0.3) is 5.22 Å². The molecule has 188 valence electrons. The number of piperazine rings is 1. The van der Waals surface area contributed by atoms with Crippen molar-refractivity contribution in [3.05, 3.63) is 47.7 Å². The number of para-hydroxylation sites is 1. The lowest BCUT2D eigenvalue weighted by Crippen LogP contribution is -2.48. The molecule has 0 spiro atoms. The normalized spacial score (nSPS) is 15.4. The first-order chi connectivity index (χ1) is 16.9. The van der Waals surface area contributed by atoms with Crippen molar-refractivity contribution in [3.8, 4) is 0 Å². The summed E-state index contributed by atoms with van der Waals surface area (Å²) in [5.74, 6) is 1.77. The molecule has 1 saturated heterocycles. The molecule has 1 aromatic carbocycles. The summed E-state index contributed by atoms with van der Waals surface area (Å²) in [6.45, 7) is 14.0. The van der Waals surface area contributed by atoms with Gasteiger partial charge in [-0.3, -0.25) is 9.69 Å². The molecular weight excluding hydrogens is 458 g/mol. The number of pyridine rings is 1. The van der Waals surface area contributed by atoms with Crippen molar-refractivity contribution in [1.82, 2.24) is 19.8 Å². The number of aromatic nitrogens is 2. The van der Waals surface area contributed by atoms with Crippen molar-refractivity contribution in [1.29, 1.82) is 0 Å². The van der Waals surface area contributed by atoms with Gasteiger partial charge in [-0.25, -0.2) is 4.98 Å². The molecule has 1 amide bonds. The van der Waals surface area contributed by atoms with E-state index in [1.807, 2.05) is 12.1 Å². The van der Waals surface area contributed by atoms with E-state index in [0.717, 1.165) is 56.2 Å². The van der Waals surface area contributed by atoms with Crippen LogP contribution in [0.4, 0.5) is 5.69 Å². The van der Waals surface area contributed by atoms with Crippen LogP contribution >= 0.6 is 11.8 Å². The predicted octanol–water partition coefficient (Wildman–Crippen LogP) is 5.21. The van der Waals surface area contributed by atoms with Gasteiger partial charge in [-0.1, -0.05) is 57.7 Å². The van der Waals surface area contributed by atoms with E-state index in [1.165, 1.54) is 11.1 Å². The second-order valence-corrected chi connectivity index (χ2v) is 10.8. The summed E-state index contributed by atoms with van der Waals surface area (Å²) in [7, 11) is 0. The summed E-state index contributed by atoms with van der Waals surface area (Å²) in [6, 6.07) is 10.1. The van der Waals surface area contributed by atoms with E-state index >= 15 is 0 Å². The standard InChI is InChI=1S/C27H37N5O2S/c1-19(2)21-8-5-9-22(20(3)4)25(21)29-24(33)18-32-15-13-31(14-16-32)12-7-17-35-27-30-26-23(34-27)10-6-11-28-26/h5-6,8-11,19-20H,7,12-18H2,1-4H3,(H,29,33). The zero-order chi connectivity index (χ0) is 24.8. The molecule has 0 saturated carbocycles. The molecule has 4 rings (SSSR count). The molecular formula is C27H37N5O2S. The van der Waals surface area contributed by atoms with Gasteiger partial charge in [-0.05, 0) is 48.1 Å². The first kappa shape index (κ1) is 25.7. The number of amides is 1. The summed E-state index contributed by atoms with van der Waals surface area (Å²) in [4.78, 5) is 26.3. The topological polar surface area (TPSA) is 74.5 Å². The van der Waals surface area contributed by atoms with Gasteiger partial charge >= 0.3 is 0 Å². The largest absolute Gasteiger partial charge is 0.430 e. The van der Waals surface area contributed by atoms with Gasteiger partial charge in [0.05, 0.1) is 6.54 Å². The van der Waals surface area contributed by atoms with Crippen LogP contribution in [0.3, 0.4) is 0 Å². The number of nitrogens with zero attached hydrogens (tertiary/aromatic N) is 4. The molecule has 35 heavy (non-hydrogen) atoms. The van der Waals surface area contributed by atoms with Crippen LogP contribution in [0.25, 0.3) is 11.2 Å². The van der Waals surface area contributed by atoms with Crippen LogP contribution in [0.2, 0.25) is 0 Å². The van der Waals surface area contributed by atoms with Crippen molar-refractivity contribution in [3.63, 3.8) is 0 Å². The zero-order valence-corrected chi connectivity index (χ0v) is 22.1. The first-order valence-electron chi connectivity index (χ1n) is 12.6. The van der Waals surface area contributed by atoms with E-state index < -0.39 is 0 Å². The van der Waals surface area contributed by atoms with Crippen LogP contribution in [0.15, 0.2) is 46.2 Å². The predicted molar refractivity (Wildman–Crippen MR) is 143 cm³/mol. The Labute approximate surface area is 212 Å². The SMILES string of the molecule is CC(C)c1cccc(C(C)C)c1NC(=O)CN1CCN(CCCSc2nc3ncccc3o2)CC1. The highest BCUT2D eigenvalue weighted by Crippen LogP contribution is 2.32. The van der Waals surface area contributed by atoms with Gasteiger partial charge < -0.3 is 14.6 Å². The van der Waals surface area contributed by atoms with Crippen molar-refractivity contribution in [2.24, 2.45) is 0 Å². The van der Waals surface area contributed by atoms with Gasteiger partial charge in [-0.15, -0.1) is 0 Å². The maximum atomic E-state index is 12.9. The van der Waals surface area contributed by atoms with Crippen molar-refractivity contribution in [2.75, 3.05) is 50.3 Å². The zero-order valence-electron chi connectivity index (χ0n) is 21.3. The molecule has 0 aliphatic carbocycles. The first-order valence-corrected chi connectivity index (χ1v) is 13.6. The second kappa shape index (κ2) is 12.0. The molecule has 1 aliphatic heterocycles. The molecule has 1 fully saturated rings. The van der Waals surface area contributed by atoms with Crippen LogP contribution in [0.1, 0.15) is 57.1 Å². The Hall–Kier alpha value is -2.42. The number of hydrogen-bond acceptors (Lipinski definition) is 7. The summed E-state index contributed by atoms with van der Waals surface area (Å²) >= 11 is 1.64. The van der Waals surface area contributed by atoms with Crippen LogP contribution < -0.4 is 5.32 Å². The number of fused-ring (bicyclic) bond motifs is 1. The number of carbonyl (C=O) groups is 1. The van der Waals surface area contributed by atoms with Crippen molar-refractivity contribution < 1.29 is 9.21 Å². The Kier molecular flexibility index (Phi) is 8.81. The lowest BCUT2D eigenvalue weighted by atomic mass is 9.92. The Morgan fingerprint density at radius 1 is 1.03 bits per heavy atom. The summed E-state index contributed by atoms with van der Waals surface area (Å²) in [6.07, 6.45) is 2.80. The van der Waals surface area contributed by atoms with Gasteiger partial charge in [0, 0.05) is 43.8 Å². The number of benzene rings is 1. The van der Waals surface area contributed by atoms with Crippen molar-refractivity contribution in [2.45, 2.75) is 51.2 Å². The lowest BCUT2D eigenvalue weighted by molar-refractivity contribution is -0.117. The van der Waals surface area contributed by atoms with Crippen LogP contribution in [-0.2, 0) is 4.79 Å². The lowest BCUT2D eigenvalue weighted by Gasteiger charge is -2.34. The number of thioether (sulfide) groups is 1. The minimum Gasteiger partial charge on any atom is -0.430 e.